The van der Waals surface area contributed by atoms with Crippen LogP contribution >= 0.6 is 11.6 Å². The first kappa shape index (κ1) is 13.9. The Labute approximate surface area is 125 Å². The SMILES string of the molecule is C#CCN1CCC2C1CCC[C@@]2(O)c1ccc(Cl)cc1. The largest absolute Gasteiger partial charge is 0.385 e. The lowest BCUT2D eigenvalue weighted by atomic mass is 9.69. The summed E-state index contributed by atoms with van der Waals surface area (Å²) < 4.78 is 0. The highest BCUT2D eigenvalue weighted by atomic mass is 35.5. The van der Waals surface area contributed by atoms with Gasteiger partial charge in [-0.15, -0.1) is 6.42 Å². The number of likely N-dealkylation sites (tertiary alicyclic amines) is 1. The van der Waals surface area contributed by atoms with E-state index < -0.39 is 5.60 Å². The van der Waals surface area contributed by atoms with Crippen molar-refractivity contribution >= 4 is 11.6 Å². The van der Waals surface area contributed by atoms with Crippen molar-refractivity contribution in [1.29, 1.82) is 0 Å². The topological polar surface area (TPSA) is 23.5 Å². The fourth-order valence-corrected chi connectivity index (χ4v) is 4.16. The third-order valence-electron chi connectivity index (χ3n) is 4.97. The highest BCUT2D eigenvalue weighted by Crippen LogP contribution is 2.48. The number of terminal acetylenes is 1. The Bertz CT molecular complexity index is 521. The van der Waals surface area contributed by atoms with Gasteiger partial charge in [-0.1, -0.05) is 29.7 Å². The van der Waals surface area contributed by atoms with E-state index >= 15 is 0 Å². The van der Waals surface area contributed by atoms with Gasteiger partial charge in [-0.05, 0) is 49.9 Å². The number of benzene rings is 1. The van der Waals surface area contributed by atoms with E-state index in [1.54, 1.807) is 0 Å². The summed E-state index contributed by atoms with van der Waals surface area (Å²) >= 11 is 5.96. The third kappa shape index (κ3) is 2.24. The second kappa shape index (κ2) is 5.41. The molecule has 1 saturated carbocycles. The van der Waals surface area contributed by atoms with Crippen molar-refractivity contribution < 1.29 is 5.11 Å². The van der Waals surface area contributed by atoms with Gasteiger partial charge >= 0.3 is 0 Å². The van der Waals surface area contributed by atoms with Crippen molar-refractivity contribution in [2.75, 3.05) is 13.1 Å². The quantitative estimate of drug-likeness (QED) is 0.846. The summed E-state index contributed by atoms with van der Waals surface area (Å²) in [6.45, 7) is 1.69. The number of fused-ring (bicyclic) bond motifs is 1. The maximum atomic E-state index is 11.3. The van der Waals surface area contributed by atoms with E-state index in [9.17, 15) is 5.11 Å². The van der Waals surface area contributed by atoms with E-state index in [-0.39, 0.29) is 5.92 Å². The molecule has 1 saturated heterocycles. The lowest BCUT2D eigenvalue weighted by Gasteiger charge is -2.43. The summed E-state index contributed by atoms with van der Waals surface area (Å²) in [4.78, 5) is 2.35. The molecule has 0 aromatic heterocycles. The molecule has 2 nitrogen and oxygen atoms in total. The zero-order valence-corrected chi connectivity index (χ0v) is 12.3. The highest BCUT2D eigenvalue weighted by Gasteiger charge is 2.49. The summed E-state index contributed by atoms with van der Waals surface area (Å²) in [6.07, 6.45) is 9.49. The molecule has 1 heterocycles. The van der Waals surface area contributed by atoms with Crippen LogP contribution in [0.25, 0.3) is 0 Å². The van der Waals surface area contributed by atoms with E-state index in [0.29, 0.717) is 17.6 Å². The molecule has 2 unspecified atom stereocenters. The van der Waals surface area contributed by atoms with E-state index in [0.717, 1.165) is 37.8 Å². The lowest BCUT2D eigenvalue weighted by molar-refractivity contribution is -0.0673. The van der Waals surface area contributed by atoms with Gasteiger partial charge in [0.1, 0.15) is 0 Å². The fourth-order valence-electron chi connectivity index (χ4n) is 4.03. The standard InChI is InChI=1S/C17H20ClNO/c1-2-11-19-12-9-15-16(19)4-3-10-17(15,20)13-5-7-14(18)8-6-13/h1,5-8,15-16,20H,3-4,9-12H2/t15?,16?,17-/m1/s1. The van der Waals surface area contributed by atoms with E-state index in [2.05, 4.69) is 10.8 Å². The number of hydrogen-bond donors (Lipinski definition) is 1. The second-order valence-electron chi connectivity index (χ2n) is 5.96. The molecule has 2 fully saturated rings. The lowest BCUT2D eigenvalue weighted by Crippen LogP contribution is -2.47. The van der Waals surface area contributed by atoms with Crippen molar-refractivity contribution in [3.8, 4) is 12.3 Å². The van der Waals surface area contributed by atoms with Crippen LogP contribution in [0.2, 0.25) is 5.02 Å². The maximum Gasteiger partial charge on any atom is 0.0940 e. The number of aliphatic hydroxyl groups is 1. The summed E-state index contributed by atoms with van der Waals surface area (Å²) in [5.74, 6) is 3.03. The average molecular weight is 290 g/mol. The van der Waals surface area contributed by atoms with Crippen LogP contribution in [0.5, 0.6) is 0 Å². The second-order valence-corrected chi connectivity index (χ2v) is 6.40. The molecule has 0 radical (unpaired) electrons. The zero-order chi connectivity index (χ0) is 14.2. The molecule has 1 aliphatic carbocycles. The molecule has 3 rings (SSSR count). The first-order valence-corrected chi connectivity index (χ1v) is 7.69. The Balaban J connectivity index is 1.90. The highest BCUT2D eigenvalue weighted by molar-refractivity contribution is 6.30. The summed E-state index contributed by atoms with van der Waals surface area (Å²) in [7, 11) is 0. The van der Waals surface area contributed by atoms with Gasteiger partial charge in [0.05, 0.1) is 12.1 Å². The van der Waals surface area contributed by atoms with Crippen LogP contribution in [0.4, 0.5) is 0 Å². The van der Waals surface area contributed by atoms with Crippen LogP contribution in [0.3, 0.4) is 0 Å². The summed E-state index contributed by atoms with van der Waals surface area (Å²) in [6, 6.07) is 8.09. The first-order valence-electron chi connectivity index (χ1n) is 7.31. The molecule has 3 heteroatoms. The Morgan fingerprint density at radius 3 is 2.80 bits per heavy atom. The minimum atomic E-state index is -0.725. The average Bonchev–Trinajstić information content (AvgIpc) is 2.85. The molecule has 2 aliphatic rings. The van der Waals surface area contributed by atoms with E-state index in [4.69, 9.17) is 18.0 Å². The molecule has 1 aliphatic heterocycles. The predicted molar refractivity (Wildman–Crippen MR) is 81.5 cm³/mol. The molecule has 1 aromatic carbocycles. The van der Waals surface area contributed by atoms with Gasteiger partial charge in [-0.2, -0.15) is 0 Å². The number of hydrogen-bond acceptors (Lipinski definition) is 2. The normalized spacial score (nSPS) is 33.6. The minimum Gasteiger partial charge on any atom is -0.385 e. The third-order valence-corrected chi connectivity index (χ3v) is 5.22. The molecule has 0 bridgehead atoms. The van der Waals surface area contributed by atoms with Crippen LogP contribution in [0, 0.1) is 18.3 Å². The van der Waals surface area contributed by atoms with Crippen molar-refractivity contribution in [2.45, 2.75) is 37.3 Å². The number of rotatable bonds is 2. The van der Waals surface area contributed by atoms with Gasteiger partial charge < -0.3 is 5.11 Å². The van der Waals surface area contributed by atoms with Crippen molar-refractivity contribution in [3.63, 3.8) is 0 Å². The van der Waals surface area contributed by atoms with Crippen LogP contribution in [-0.4, -0.2) is 29.1 Å². The minimum absolute atomic E-state index is 0.283. The Kier molecular flexibility index (Phi) is 3.77. The van der Waals surface area contributed by atoms with Crippen LogP contribution < -0.4 is 0 Å². The van der Waals surface area contributed by atoms with Crippen LogP contribution in [0.1, 0.15) is 31.2 Å². The van der Waals surface area contributed by atoms with Gasteiger partial charge in [0.2, 0.25) is 0 Å². The molecule has 106 valence electrons. The van der Waals surface area contributed by atoms with Gasteiger partial charge in [0.25, 0.3) is 0 Å². The van der Waals surface area contributed by atoms with Gasteiger partial charge in [0, 0.05) is 17.0 Å². The van der Waals surface area contributed by atoms with Crippen molar-refractivity contribution in [2.24, 2.45) is 5.92 Å². The molecular weight excluding hydrogens is 270 g/mol. The smallest absolute Gasteiger partial charge is 0.0940 e. The Morgan fingerprint density at radius 1 is 1.35 bits per heavy atom. The molecular formula is C17H20ClNO. The summed E-state index contributed by atoms with van der Waals surface area (Å²) in [5.41, 5.74) is 0.274. The first-order chi connectivity index (χ1) is 9.65. The Morgan fingerprint density at radius 2 is 2.10 bits per heavy atom. The van der Waals surface area contributed by atoms with Crippen LogP contribution in [0.15, 0.2) is 24.3 Å². The fraction of sp³-hybridized carbons (Fsp3) is 0.529. The van der Waals surface area contributed by atoms with Crippen LogP contribution in [-0.2, 0) is 5.60 Å². The van der Waals surface area contributed by atoms with Crippen molar-refractivity contribution in [3.05, 3.63) is 34.9 Å². The molecule has 20 heavy (non-hydrogen) atoms. The maximum absolute atomic E-state index is 11.3. The van der Waals surface area contributed by atoms with Gasteiger partial charge in [0.15, 0.2) is 0 Å². The Hall–Kier alpha value is -1.01. The zero-order valence-electron chi connectivity index (χ0n) is 11.6. The molecule has 1 N–H and O–H groups in total. The van der Waals surface area contributed by atoms with E-state index in [1.165, 1.54) is 0 Å². The van der Waals surface area contributed by atoms with Gasteiger partial charge in [-0.3, -0.25) is 4.90 Å². The molecule has 1 aromatic rings. The van der Waals surface area contributed by atoms with Crippen molar-refractivity contribution in [1.82, 2.24) is 4.90 Å². The monoisotopic (exact) mass is 289 g/mol. The molecule has 0 amide bonds. The molecule has 3 atom stereocenters. The number of nitrogens with zero attached hydrogens (tertiary/aromatic N) is 1. The summed E-state index contributed by atoms with van der Waals surface area (Å²) in [5, 5.41) is 12.0. The van der Waals surface area contributed by atoms with Gasteiger partial charge in [-0.25, -0.2) is 0 Å². The number of halogens is 1. The van der Waals surface area contributed by atoms with E-state index in [1.807, 2.05) is 24.3 Å². The predicted octanol–water partition coefficient (Wildman–Crippen LogP) is 3.04. The molecule has 0 spiro atoms.